The molecule has 4 atom stereocenters. The van der Waals surface area contributed by atoms with Gasteiger partial charge >= 0.3 is 0 Å². The first-order valence-electron chi connectivity index (χ1n) is 10.3. The lowest BCUT2D eigenvalue weighted by molar-refractivity contribution is -0.285. The SMILES string of the molecule is CCCCCCCCC(CC)(C1CCC2OC2C1)C(C)(OC)OC. The molecule has 3 nitrogen and oxygen atoms in total. The van der Waals surface area contributed by atoms with Crippen LogP contribution in [0.1, 0.15) is 91.4 Å². The van der Waals surface area contributed by atoms with Gasteiger partial charge in [0.15, 0.2) is 5.79 Å². The molecule has 2 rings (SSSR count). The third-order valence-corrected chi connectivity index (χ3v) is 7.08. The second-order valence-corrected chi connectivity index (χ2v) is 8.10. The molecule has 142 valence electrons. The molecule has 0 bridgehead atoms. The summed E-state index contributed by atoms with van der Waals surface area (Å²) in [5, 5.41) is 0. The Kier molecular flexibility index (Phi) is 7.58. The Morgan fingerprint density at radius 2 is 1.58 bits per heavy atom. The van der Waals surface area contributed by atoms with Crippen molar-refractivity contribution in [3.63, 3.8) is 0 Å². The fourth-order valence-corrected chi connectivity index (χ4v) is 5.21. The highest BCUT2D eigenvalue weighted by molar-refractivity contribution is 5.02. The lowest BCUT2D eigenvalue weighted by atomic mass is 9.60. The number of ether oxygens (including phenoxy) is 3. The van der Waals surface area contributed by atoms with Crippen LogP contribution in [-0.4, -0.2) is 32.2 Å². The van der Waals surface area contributed by atoms with E-state index >= 15 is 0 Å². The maximum atomic E-state index is 5.98. The topological polar surface area (TPSA) is 31.0 Å². The molecule has 0 N–H and O–H groups in total. The summed E-state index contributed by atoms with van der Waals surface area (Å²) in [6.07, 6.45) is 15.1. The van der Waals surface area contributed by atoms with E-state index in [1.54, 1.807) is 0 Å². The Labute approximate surface area is 149 Å². The van der Waals surface area contributed by atoms with E-state index in [4.69, 9.17) is 14.2 Å². The minimum absolute atomic E-state index is 0.0954. The van der Waals surface area contributed by atoms with Crippen LogP contribution in [0.15, 0.2) is 0 Å². The number of hydrogen-bond acceptors (Lipinski definition) is 3. The zero-order valence-electron chi connectivity index (χ0n) is 16.7. The van der Waals surface area contributed by atoms with Gasteiger partial charge in [0, 0.05) is 19.6 Å². The summed E-state index contributed by atoms with van der Waals surface area (Å²) >= 11 is 0. The molecule has 1 saturated heterocycles. The molecule has 2 aliphatic rings. The minimum Gasteiger partial charge on any atom is -0.370 e. The molecule has 0 aromatic heterocycles. The number of methoxy groups -OCH3 is 2. The molecule has 4 unspecified atom stereocenters. The smallest absolute Gasteiger partial charge is 0.170 e. The number of epoxide rings is 1. The predicted octanol–water partition coefficient (Wildman–Crippen LogP) is 5.71. The normalized spacial score (nSPS) is 29.1. The van der Waals surface area contributed by atoms with Gasteiger partial charge in [0.2, 0.25) is 0 Å². The van der Waals surface area contributed by atoms with Gasteiger partial charge in [-0.25, -0.2) is 0 Å². The van der Waals surface area contributed by atoms with E-state index in [2.05, 4.69) is 20.8 Å². The highest BCUT2D eigenvalue weighted by Crippen LogP contribution is 2.55. The fourth-order valence-electron chi connectivity index (χ4n) is 5.21. The average molecular weight is 341 g/mol. The molecule has 0 aromatic rings. The number of fused-ring (bicyclic) bond motifs is 1. The largest absolute Gasteiger partial charge is 0.370 e. The third-order valence-electron chi connectivity index (χ3n) is 7.08. The summed E-state index contributed by atoms with van der Waals surface area (Å²) in [6, 6.07) is 0. The highest BCUT2D eigenvalue weighted by atomic mass is 16.7. The van der Waals surface area contributed by atoms with Crippen LogP contribution < -0.4 is 0 Å². The summed E-state index contributed by atoms with van der Waals surface area (Å²) in [6.45, 7) is 6.77. The Morgan fingerprint density at radius 3 is 2.17 bits per heavy atom. The van der Waals surface area contributed by atoms with E-state index in [1.165, 1.54) is 64.2 Å². The molecule has 0 aromatic carbocycles. The molecule has 2 fully saturated rings. The van der Waals surface area contributed by atoms with Gasteiger partial charge in [0.05, 0.1) is 12.2 Å². The van der Waals surface area contributed by atoms with E-state index in [-0.39, 0.29) is 5.41 Å². The van der Waals surface area contributed by atoms with Gasteiger partial charge in [-0.3, -0.25) is 0 Å². The van der Waals surface area contributed by atoms with Gasteiger partial charge in [-0.1, -0.05) is 52.4 Å². The first-order valence-corrected chi connectivity index (χ1v) is 10.3. The molecule has 0 radical (unpaired) electrons. The van der Waals surface area contributed by atoms with Crippen molar-refractivity contribution in [1.82, 2.24) is 0 Å². The van der Waals surface area contributed by atoms with Gasteiger partial charge in [0.1, 0.15) is 0 Å². The summed E-state index contributed by atoms with van der Waals surface area (Å²) < 4.78 is 17.8. The number of hydrogen-bond donors (Lipinski definition) is 0. The Morgan fingerprint density at radius 1 is 0.917 bits per heavy atom. The van der Waals surface area contributed by atoms with Crippen molar-refractivity contribution in [2.45, 2.75) is 109 Å². The van der Waals surface area contributed by atoms with Crippen LogP contribution >= 0.6 is 0 Å². The average Bonchev–Trinajstić information content (AvgIpc) is 3.39. The molecule has 24 heavy (non-hydrogen) atoms. The van der Waals surface area contributed by atoms with Crippen molar-refractivity contribution in [1.29, 1.82) is 0 Å². The minimum atomic E-state index is -0.502. The van der Waals surface area contributed by atoms with Gasteiger partial charge in [-0.05, 0) is 44.9 Å². The molecular weight excluding hydrogens is 300 g/mol. The third kappa shape index (κ3) is 4.16. The summed E-state index contributed by atoms with van der Waals surface area (Å²) in [4.78, 5) is 0. The lowest BCUT2D eigenvalue weighted by Gasteiger charge is -2.52. The van der Waals surface area contributed by atoms with Crippen LogP contribution in [0.5, 0.6) is 0 Å². The van der Waals surface area contributed by atoms with E-state index < -0.39 is 5.79 Å². The van der Waals surface area contributed by atoms with Crippen molar-refractivity contribution in [3.8, 4) is 0 Å². The summed E-state index contributed by atoms with van der Waals surface area (Å²) in [5.41, 5.74) is 0.0954. The van der Waals surface area contributed by atoms with Crippen molar-refractivity contribution in [3.05, 3.63) is 0 Å². The van der Waals surface area contributed by atoms with E-state index in [0.717, 1.165) is 6.42 Å². The monoisotopic (exact) mass is 340 g/mol. The van der Waals surface area contributed by atoms with Gasteiger partial charge in [-0.15, -0.1) is 0 Å². The Bertz CT molecular complexity index is 366. The molecule has 3 heteroatoms. The molecule has 0 amide bonds. The Hall–Kier alpha value is -0.120. The van der Waals surface area contributed by atoms with Crippen LogP contribution in [0.25, 0.3) is 0 Å². The van der Waals surface area contributed by atoms with E-state index in [0.29, 0.717) is 18.1 Å². The molecule has 1 saturated carbocycles. The molecule has 1 heterocycles. The second-order valence-electron chi connectivity index (χ2n) is 8.10. The van der Waals surface area contributed by atoms with Crippen LogP contribution in [0.4, 0.5) is 0 Å². The van der Waals surface area contributed by atoms with Crippen LogP contribution in [0.3, 0.4) is 0 Å². The molecule has 0 spiro atoms. The summed E-state index contributed by atoms with van der Waals surface area (Å²) in [5.74, 6) is 0.143. The van der Waals surface area contributed by atoms with Gasteiger partial charge in [0.25, 0.3) is 0 Å². The van der Waals surface area contributed by atoms with E-state index in [1.807, 2.05) is 14.2 Å². The predicted molar refractivity (Wildman–Crippen MR) is 99.1 cm³/mol. The molecular formula is C21H40O3. The van der Waals surface area contributed by atoms with Crippen LogP contribution in [0, 0.1) is 11.3 Å². The molecule has 1 aliphatic carbocycles. The van der Waals surface area contributed by atoms with Crippen LogP contribution in [-0.2, 0) is 14.2 Å². The highest BCUT2D eigenvalue weighted by Gasteiger charge is 2.57. The number of rotatable bonds is 12. The first kappa shape index (κ1) is 20.2. The zero-order valence-corrected chi connectivity index (χ0v) is 16.7. The molecule has 1 aliphatic heterocycles. The standard InChI is InChI=1S/C21H40O3/c1-6-8-9-10-11-12-15-21(7-2,20(3,22-4)23-5)17-13-14-18-19(16-17)24-18/h17-19H,6-16H2,1-5H3. The van der Waals surface area contributed by atoms with E-state index in [9.17, 15) is 0 Å². The Balaban J connectivity index is 2.04. The van der Waals surface area contributed by atoms with Crippen LogP contribution in [0.2, 0.25) is 0 Å². The van der Waals surface area contributed by atoms with Crippen molar-refractivity contribution < 1.29 is 14.2 Å². The lowest BCUT2D eigenvalue weighted by Crippen LogP contribution is -2.54. The van der Waals surface area contributed by atoms with Crippen molar-refractivity contribution in [2.75, 3.05) is 14.2 Å². The number of unbranched alkanes of at least 4 members (excludes halogenated alkanes) is 5. The first-order chi connectivity index (χ1) is 11.6. The van der Waals surface area contributed by atoms with Gasteiger partial charge < -0.3 is 14.2 Å². The maximum absolute atomic E-state index is 5.98. The van der Waals surface area contributed by atoms with Crippen molar-refractivity contribution >= 4 is 0 Å². The zero-order chi connectivity index (χ0) is 17.6. The quantitative estimate of drug-likeness (QED) is 0.259. The van der Waals surface area contributed by atoms with Crippen molar-refractivity contribution in [2.24, 2.45) is 11.3 Å². The second kappa shape index (κ2) is 9.00. The summed E-state index contributed by atoms with van der Waals surface area (Å²) in [7, 11) is 3.63. The fraction of sp³-hybridized carbons (Fsp3) is 1.00. The maximum Gasteiger partial charge on any atom is 0.170 e. The van der Waals surface area contributed by atoms with Gasteiger partial charge in [-0.2, -0.15) is 0 Å².